The highest BCUT2D eigenvalue weighted by atomic mass is 79.9. The van der Waals surface area contributed by atoms with Crippen molar-refractivity contribution in [2.24, 2.45) is 0 Å². The summed E-state index contributed by atoms with van der Waals surface area (Å²) in [5, 5.41) is 4.78. The Labute approximate surface area is 124 Å². The van der Waals surface area contributed by atoms with Crippen LogP contribution in [0.1, 0.15) is 22.2 Å². The van der Waals surface area contributed by atoms with E-state index in [1.54, 1.807) is 13.2 Å². The number of methoxy groups -OCH3 is 1. The minimum absolute atomic E-state index is 0.135. The number of hydrogen-bond acceptors (Lipinski definition) is 3. The standard InChI is InChI=1S/C14H14BrNO2S/c1-3-9-8-10(15)4-5-11(9)16-14(17)13-12(18-2)6-7-19-13/h4-8H,3H2,1-2H3,(H,16,17). The minimum atomic E-state index is -0.135. The van der Waals surface area contributed by atoms with Crippen molar-refractivity contribution in [2.45, 2.75) is 13.3 Å². The second kappa shape index (κ2) is 6.21. The number of amides is 1. The lowest BCUT2D eigenvalue weighted by Crippen LogP contribution is -2.12. The summed E-state index contributed by atoms with van der Waals surface area (Å²) in [4.78, 5) is 12.8. The van der Waals surface area contributed by atoms with Crippen LogP contribution >= 0.6 is 27.3 Å². The van der Waals surface area contributed by atoms with Gasteiger partial charge in [0.15, 0.2) is 0 Å². The molecule has 1 aromatic carbocycles. The maximum atomic E-state index is 12.2. The van der Waals surface area contributed by atoms with Crippen molar-refractivity contribution in [1.29, 1.82) is 0 Å². The van der Waals surface area contributed by atoms with Gasteiger partial charge >= 0.3 is 0 Å². The SMILES string of the molecule is CCc1cc(Br)ccc1NC(=O)c1sccc1OC. The zero-order valence-corrected chi connectivity index (χ0v) is 13.1. The van der Waals surface area contributed by atoms with E-state index < -0.39 is 0 Å². The molecule has 2 rings (SSSR count). The predicted molar refractivity (Wildman–Crippen MR) is 82.3 cm³/mol. The van der Waals surface area contributed by atoms with Crippen molar-refractivity contribution in [1.82, 2.24) is 0 Å². The lowest BCUT2D eigenvalue weighted by atomic mass is 10.1. The summed E-state index contributed by atoms with van der Waals surface area (Å²) in [6, 6.07) is 7.63. The van der Waals surface area contributed by atoms with Gasteiger partial charge in [0, 0.05) is 10.2 Å². The van der Waals surface area contributed by atoms with Gasteiger partial charge in [-0.25, -0.2) is 0 Å². The van der Waals surface area contributed by atoms with Gasteiger partial charge in [0.2, 0.25) is 0 Å². The Morgan fingerprint density at radius 2 is 2.21 bits per heavy atom. The lowest BCUT2D eigenvalue weighted by molar-refractivity contribution is 0.102. The minimum Gasteiger partial charge on any atom is -0.495 e. The first-order valence-electron chi connectivity index (χ1n) is 5.87. The van der Waals surface area contributed by atoms with Crippen LogP contribution in [0.25, 0.3) is 0 Å². The monoisotopic (exact) mass is 339 g/mol. The van der Waals surface area contributed by atoms with Gasteiger partial charge in [0.05, 0.1) is 7.11 Å². The van der Waals surface area contributed by atoms with Gasteiger partial charge in [0.25, 0.3) is 5.91 Å². The number of ether oxygens (including phenoxy) is 1. The van der Waals surface area contributed by atoms with Crippen molar-refractivity contribution in [2.75, 3.05) is 12.4 Å². The smallest absolute Gasteiger partial charge is 0.269 e. The maximum Gasteiger partial charge on any atom is 0.269 e. The Bertz CT molecular complexity index is 595. The van der Waals surface area contributed by atoms with Crippen molar-refractivity contribution in [3.8, 4) is 5.75 Å². The summed E-state index contributed by atoms with van der Waals surface area (Å²) in [7, 11) is 1.57. The molecule has 0 unspecified atom stereocenters. The third-order valence-electron chi connectivity index (χ3n) is 2.75. The summed E-state index contributed by atoms with van der Waals surface area (Å²) >= 11 is 4.81. The Balaban J connectivity index is 2.24. The van der Waals surface area contributed by atoms with Crippen molar-refractivity contribution in [3.63, 3.8) is 0 Å². The summed E-state index contributed by atoms with van der Waals surface area (Å²) in [6.45, 7) is 2.06. The molecular weight excluding hydrogens is 326 g/mol. The van der Waals surface area contributed by atoms with E-state index in [1.165, 1.54) is 11.3 Å². The van der Waals surface area contributed by atoms with Crippen LogP contribution in [-0.2, 0) is 6.42 Å². The van der Waals surface area contributed by atoms with E-state index in [1.807, 2.05) is 23.6 Å². The number of hydrogen-bond donors (Lipinski definition) is 1. The molecule has 1 amide bonds. The lowest BCUT2D eigenvalue weighted by Gasteiger charge is -2.10. The van der Waals surface area contributed by atoms with Gasteiger partial charge in [-0.15, -0.1) is 11.3 Å². The van der Waals surface area contributed by atoms with Gasteiger partial charge in [-0.05, 0) is 41.6 Å². The molecule has 0 spiro atoms. The van der Waals surface area contributed by atoms with E-state index in [-0.39, 0.29) is 5.91 Å². The van der Waals surface area contributed by atoms with Crippen LogP contribution in [0, 0.1) is 0 Å². The molecule has 1 aromatic heterocycles. The molecule has 1 N–H and O–H groups in total. The fourth-order valence-electron chi connectivity index (χ4n) is 1.78. The number of thiophene rings is 1. The summed E-state index contributed by atoms with van der Waals surface area (Å²) in [5.74, 6) is 0.474. The third-order valence-corrected chi connectivity index (χ3v) is 4.14. The molecule has 0 fully saturated rings. The number of halogens is 1. The molecule has 0 radical (unpaired) electrons. The first kappa shape index (κ1) is 14.1. The van der Waals surface area contributed by atoms with E-state index >= 15 is 0 Å². The van der Waals surface area contributed by atoms with Gasteiger partial charge in [0.1, 0.15) is 10.6 Å². The largest absolute Gasteiger partial charge is 0.495 e. The molecule has 5 heteroatoms. The number of rotatable bonds is 4. The van der Waals surface area contributed by atoms with E-state index in [2.05, 4.69) is 28.2 Å². The molecule has 19 heavy (non-hydrogen) atoms. The Morgan fingerprint density at radius 1 is 1.42 bits per heavy atom. The molecule has 0 aliphatic carbocycles. The van der Waals surface area contributed by atoms with Crippen molar-refractivity contribution < 1.29 is 9.53 Å². The van der Waals surface area contributed by atoms with E-state index in [9.17, 15) is 4.79 Å². The molecule has 0 bridgehead atoms. The highest BCUT2D eigenvalue weighted by molar-refractivity contribution is 9.10. The zero-order chi connectivity index (χ0) is 13.8. The highest BCUT2D eigenvalue weighted by Gasteiger charge is 2.15. The van der Waals surface area contributed by atoms with E-state index in [0.29, 0.717) is 10.6 Å². The van der Waals surface area contributed by atoms with E-state index in [4.69, 9.17) is 4.74 Å². The van der Waals surface area contributed by atoms with Crippen LogP contribution in [0.2, 0.25) is 0 Å². The zero-order valence-electron chi connectivity index (χ0n) is 10.7. The Morgan fingerprint density at radius 3 is 2.89 bits per heavy atom. The average Bonchev–Trinajstić information content (AvgIpc) is 2.89. The molecule has 0 aliphatic heterocycles. The van der Waals surface area contributed by atoms with Crippen LogP contribution in [0.15, 0.2) is 34.1 Å². The fourth-order valence-corrected chi connectivity index (χ4v) is 2.94. The molecular formula is C14H14BrNO2S. The average molecular weight is 340 g/mol. The van der Waals surface area contributed by atoms with Gasteiger partial charge < -0.3 is 10.1 Å². The number of benzene rings is 1. The number of nitrogens with one attached hydrogen (secondary N) is 1. The summed E-state index contributed by atoms with van der Waals surface area (Å²) in [5.41, 5.74) is 1.93. The van der Waals surface area contributed by atoms with Gasteiger partial charge in [-0.2, -0.15) is 0 Å². The molecule has 0 atom stereocenters. The fraction of sp³-hybridized carbons (Fsp3) is 0.214. The Kier molecular flexibility index (Phi) is 4.61. The van der Waals surface area contributed by atoms with Gasteiger partial charge in [-0.1, -0.05) is 22.9 Å². The quantitative estimate of drug-likeness (QED) is 0.899. The summed E-state index contributed by atoms with van der Waals surface area (Å²) < 4.78 is 6.17. The normalized spacial score (nSPS) is 10.3. The van der Waals surface area contributed by atoms with Crippen LogP contribution < -0.4 is 10.1 Å². The van der Waals surface area contributed by atoms with Crippen LogP contribution in [0.5, 0.6) is 5.75 Å². The molecule has 2 aromatic rings. The molecule has 0 aliphatic rings. The summed E-state index contributed by atoms with van der Waals surface area (Å²) in [6.07, 6.45) is 0.858. The number of carbonyl (C=O) groups is 1. The highest BCUT2D eigenvalue weighted by Crippen LogP contribution is 2.27. The second-order valence-electron chi connectivity index (χ2n) is 3.93. The first-order chi connectivity index (χ1) is 9.15. The van der Waals surface area contributed by atoms with Gasteiger partial charge in [-0.3, -0.25) is 4.79 Å². The molecule has 0 saturated carbocycles. The first-order valence-corrected chi connectivity index (χ1v) is 7.54. The van der Waals surface area contributed by atoms with E-state index in [0.717, 1.165) is 22.1 Å². The van der Waals surface area contributed by atoms with Crippen LogP contribution in [0.4, 0.5) is 5.69 Å². The number of aryl methyl sites for hydroxylation is 1. The molecule has 3 nitrogen and oxygen atoms in total. The second-order valence-corrected chi connectivity index (χ2v) is 5.76. The topological polar surface area (TPSA) is 38.3 Å². The molecule has 1 heterocycles. The Hall–Kier alpha value is -1.33. The van der Waals surface area contributed by atoms with Crippen molar-refractivity contribution >= 4 is 38.9 Å². The molecule has 100 valence electrons. The third kappa shape index (κ3) is 3.16. The van der Waals surface area contributed by atoms with Crippen LogP contribution in [-0.4, -0.2) is 13.0 Å². The number of anilines is 1. The number of carbonyl (C=O) groups excluding carboxylic acids is 1. The maximum absolute atomic E-state index is 12.2. The van der Waals surface area contributed by atoms with Crippen molar-refractivity contribution in [3.05, 3.63) is 44.6 Å². The molecule has 0 saturated heterocycles. The predicted octanol–water partition coefficient (Wildman–Crippen LogP) is 4.33. The van der Waals surface area contributed by atoms with Crippen LogP contribution in [0.3, 0.4) is 0 Å².